The Morgan fingerprint density at radius 2 is 1.39 bits per heavy atom. The van der Waals surface area contributed by atoms with Crippen LogP contribution in [0.5, 0.6) is 0 Å². The fourth-order valence-corrected chi connectivity index (χ4v) is 7.34. The number of hydrogen-bond donors (Lipinski definition) is 0. The van der Waals surface area contributed by atoms with Crippen LogP contribution in [0.15, 0.2) is 134 Å². The molecule has 0 unspecified atom stereocenters. The molecule has 5 aromatic carbocycles. The molecule has 0 radical (unpaired) electrons. The first-order valence-electron chi connectivity index (χ1n) is 16.1. The summed E-state index contributed by atoms with van der Waals surface area (Å²) in [5, 5.41) is 0. The zero-order valence-electron chi connectivity index (χ0n) is 26.7. The Balaban J connectivity index is 0.00000325. The summed E-state index contributed by atoms with van der Waals surface area (Å²) in [4.78, 5) is 12.2. The van der Waals surface area contributed by atoms with Gasteiger partial charge < -0.3 is 9.48 Å². The quantitative estimate of drug-likeness (QED) is 0.129. The number of fused-ring (bicyclic) bond motifs is 13. The third-order valence-electron chi connectivity index (χ3n) is 9.49. The second kappa shape index (κ2) is 11.0. The number of rotatable bonds is 2. The van der Waals surface area contributed by atoms with E-state index in [0.29, 0.717) is 0 Å². The molecule has 2 aliphatic rings. The zero-order valence-corrected chi connectivity index (χ0v) is 29.0. The predicted octanol–water partition coefficient (Wildman–Crippen LogP) is 8.96. The molecule has 8 aromatic rings. The summed E-state index contributed by atoms with van der Waals surface area (Å²) in [5.41, 5.74) is 12.8. The van der Waals surface area contributed by atoms with E-state index < -0.39 is 5.54 Å². The Morgan fingerprint density at radius 1 is 0.694 bits per heavy atom. The van der Waals surface area contributed by atoms with Crippen molar-refractivity contribution in [3.05, 3.63) is 151 Å². The first kappa shape index (κ1) is 29.5. The molecule has 49 heavy (non-hydrogen) atoms. The van der Waals surface area contributed by atoms with Crippen LogP contribution in [-0.2, 0) is 21.1 Å². The van der Waals surface area contributed by atoms with Gasteiger partial charge >= 0.3 is 0 Å². The van der Waals surface area contributed by atoms with Gasteiger partial charge in [-0.15, -0.1) is 11.6 Å². The van der Waals surface area contributed by atoms with Crippen molar-refractivity contribution in [3.63, 3.8) is 0 Å². The molecule has 0 amide bonds. The van der Waals surface area contributed by atoms with Crippen molar-refractivity contribution >= 4 is 51.4 Å². The fourth-order valence-electron chi connectivity index (χ4n) is 7.34. The number of pyridine rings is 1. The number of para-hydroxylation sites is 3. The summed E-state index contributed by atoms with van der Waals surface area (Å²) in [6, 6.07) is 49.4. The van der Waals surface area contributed by atoms with Gasteiger partial charge in [-0.3, -0.25) is 8.97 Å². The second-order valence-corrected chi connectivity index (χ2v) is 12.8. The van der Waals surface area contributed by atoms with E-state index in [9.17, 15) is 0 Å². The monoisotopic (exact) mass is 811 g/mol. The molecule has 0 atom stereocenters. The van der Waals surface area contributed by atoms with Crippen LogP contribution in [0.4, 0.5) is 11.4 Å². The minimum atomic E-state index is -0.393. The fraction of sp³-hybridized carbons (Fsp3) is 0.0714. The molecule has 0 N–H and O–H groups in total. The minimum absolute atomic E-state index is 0. The van der Waals surface area contributed by atoms with E-state index in [4.69, 9.17) is 9.97 Å². The summed E-state index contributed by atoms with van der Waals surface area (Å²) in [7, 11) is 0. The van der Waals surface area contributed by atoms with E-state index in [1.165, 1.54) is 11.1 Å². The van der Waals surface area contributed by atoms with Gasteiger partial charge in [-0.05, 0) is 60.9 Å². The third-order valence-corrected chi connectivity index (χ3v) is 9.49. The molecule has 0 spiro atoms. The van der Waals surface area contributed by atoms with Crippen molar-refractivity contribution in [3.8, 4) is 27.9 Å². The summed E-state index contributed by atoms with van der Waals surface area (Å²) in [6.07, 6.45) is 7.99. The van der Waals surface area contributed by atoms with Crippen molar-refractivity contribution in [1.29, 1.82) is 0 Å². The van der Waals surface area contributed by atoms with Crippen molar-refractivity contribution < 1.29 is 25.6 Å². The molecule has 0 bridgehead atoms. The molecule has 0 saturated carbocycles. The number of imidazole rings is 2. The number of benzene rings is 5. The Labute approximate surface area is 298 Å². The maximum absolute atomic E-state index is 5.11. The molecular formula is C42H28N6Pt-2. The van der Waals surface area contributed by atoms with E-state index in [-0.39, 0.29) is 21.1 Å². The van der Waals surface area contributed by atoms with E-state index in [0.717, 1.165) is 67.4 Å². The van der Waals surface area contributed by atoms with Gasteiger partial charge in [-0.1, -0.05) is 83.3 Å². The molecule has 238 valence electrons. The maximum atomic E-state index is 5.11. The predicted molar refractivity (Wildman–Crippen MR) is 192 cm³/mol. The summed E-state index contributed by atoms with van der Waals surface area (Å²) >= 11 is 0. The number of hydrogen-bond acceptors (Lipinski definition) is 3. The van der Waals surface area contributed by atoms with Crippen LogP contribution in [-0.4, -0.2) is 35.4 Å². The molecule has 0 fully saturated rings. The molecular weight excluding hydrogens is 784 g/mol. The van der Waals surface area contributed by atoms with Gasteiger partial charge in [0.15, 0.2) is 5.65 Å². The molecule has 0 aliphatic carbocycles. The van der Waals surface area contributed by atoms with Gasteiger partial charge in [-0.2, -0.15) is 42.5 Å². The topological polar surface area (TPSA) is 41.4 Å². The molecule has 10 rings (SSSR count). The van der Waals surface area contributed by atoms with E-state index >= 15 is 0 Å². The Morgan fingerprint density at radius 3 is 2.18 bits per heavy atom. The van der Waals surface area contributed by atoms with Gasteiger partial charge in [0.1, 0.15) is 5.54 Å². The van der Waals surface area contributed by atoms with Crippen LogP contribution in [0.25, 0.3) is 61.6 Å². The molecule has 0 saturated heterocycles. The Bertz CT molecular complexity index is 2660. The van der Waals surface area contributed by atoms with Crippen LogP contribution in [0.2, 0.25) is 0 Å². The Kier molecular flexibility index (Phi) is 6.62. The second-order valence-electron chi connectivity index (χ2n) is 12.8. The minimum Gasteiger partial charge on any atom is -0.336 e. The van der Waals surface area contributed by atoms with Gasteiger partial charge in [0.25, 0.3) is 0 Å². The first-order valence-corrected chi connectivity index (χ1v) is 16.1. The van der Waals surface area contributed by atoms with Gasteiger partial charge in [-0.25, -0.2) is 9.97 Å². The van der Waals surface area contributed by atoms with Crippen molar-refractivity contribution in [2.24, 2.45) is 0 Å². The van der Waals surface area contributed by atoms with Crippen LogP contribution in [0, 0.1) is 12.1 Å². The summed E-state index contributed by atoms with van der Waals surface area (Å²) in [5.74, 6) is 0.793. The molecule has 7 heteroatoms. The number of anilines is 1. The number of aromatic nitrogens is 4. The molecule has 6 nitrogen and oxygen atoms in total. The Hall–Kier alpha value is -5.58. The average molecular weight is 812 g/mol. The largest absolute Gasteiger partial charge is 0.336 e. The summed E-state index contributed by atoms with van der Waals surface area (Å²) < 4.78 is 6.48. The smallest absolute Gasteiger partial charge is 0.242 e. The molecule has 5 heterocycles. The van der Waals surface area contributed by atoms with Crippen LogP contribution < -0.4 is 4.90 Å². The van der Waals surface area contributed by atoms with Gasteiger partial charge in [0, 0.05) is 27.3 Å². The average Bonchev–Trinajstić information content (AvgIpc) is 3.66. The zero-order chi connectivity index (χ0) is 32.0. The van der Waals surface area contributed by atoms with Crippen molar-refractivity contribution in [2.45, 2.75) is 19.4 Å². The standard InChI is InChI=1S/C42H28N6.Pt/c1-42(2)26-39-33-18-9-8-16-31(33)30-15-6-7-17-32(30)34-23-22-29(25-38(34)45(39)27-46(42)28-13-4-3-5-14-28)47-40-37(21-12-24-43-40)48-36-20-11-10-19-35(36)44-41(47)48;/h3-13,15-24,26H,1-2H3;/q-2;. The summed E-state index contributed by atoms with van der Waals surface area (Å²) in [6.45, 7) is 4.44. The third kappa shape index (κ3) is 4.34. The van der Waals surface area contributed by atoms with Gasteiger partial charge in [0.05, 0.1) is 22.2 Å². The number of nitrogens with zero attached hydrogens (tertiary/aromatic N) is 6. The first-order chi connectivity index (χ1) is 23.6. The SMILES string of the molecule is CC1(C)C=C2c3ccccc3-c3ccccc3-c3ccc(-n4c5ncccc5n5c6ccccc6nc45)[c-]c3N2[C-]=[N+]1c1[c-]cccc1.[Pt]. The van der Waals surface area contributed by atoms with E-state index in [1.54, 1.807) is 0 Å². The molecule has 2 aliphatic heterocycles. The van der Waals surface area contributed by atoms with E-state index in [1.807, 2.05) is 36.5 Å². The maximum Gasteiger partial charge on any atom is 0.242 e. The molecule has 3 aromatic heterocycles. The van der Waals surface area contributed by atoms with Crippen molar-refractivity contribution in [2.75, 3.05) is 4.90 Å². The van der Waals surface area contributed by atoms with Crippen LogP contribution >= 0.6 is 0 Å². The van der Waals surface area contributed by atoms with Crippen LogP contribution in [0.3, 0.4) is 0 Å². The van der Waals surface area contributed by atoms with E-state index in [2.05, 4.69) is 148 Å². The van der Waals surface area contributed by atoms with Crippen molar-refractivity contribution in [1.82, 2.24) is 18.9 Å². The normalized spacial score (nSPS) is 14.5. The van der Waals surface area contributed by atoms with Gasteiger partial charge in [0.2, 0.25) is 12.1 Å². The van der Waals surface area contributed by atoms with Crippen LogP contribution in [0.1, 0.15) is 19.4 Å².